The number of nitrogens with zero attached hydrogens (tertiary/aromatic N) is 1. The third kappa shape index (κ3) is 4.50. The third-order valence-electron chi connectivity index (χ3n) is 5.16. The lowest BCUT2D eigenvalue weighted by Gasteiger charge is -2.26. The summed E-state index contributed by atoms with van der Waals surface area (Å²) in [5.74, 6) is 1.15. The van der Waals surface area contributed by atoms with Crippen LogP contribution in [0.15, 0.2) is 30.3 Å². The maximum absolute atomic E-state index is 11.7. The molecule has 0 bridgehead atoms. The van der Waals surface area contributed by atoms with Crippen LogP contribution in [-0.2, 0) is 25.5 Å². The van der Waals surface area contributed by atoms with Gasteiger partial charge in [-0.1, -0.05) is 30.3 Å². The van der Waals surface area contributed by atoms with Crippen molar-refractivity contribution in [2.24, 2.45) is 11.8 Å². The Kier molecular flexibility index (Phi) is 5.29. The fourth-order valence-electron chi connectivity index (χ4n) is 3.88. The van der Waals surface area contributed by atoms with Gasteiger partial charge in [0.15, 0.2) is 0 Å². The van der Waals surface area contributed by atoms with Crippen molar-refractivity contribution in [2.45, 2.75) is 26.2 Å². The molecular formula is C19H25NO4S. The fraction of sp³-hybridized carbons (Fsp3) is 0.526. The maximum atomic E-state index is 11.7. The van der Waals surface area contributed by atoms with E-state index in [1.807, 2.05) is 17.0 Å². The summed E-state index contributed by atoms with van der Waals surface area (Å²) < 4.78 is 26.8. The molecule has 1 aromatic carbocycles. The Morgan fingerprint density at radius 2 is 1.96 bits per heavy atom. The van der Waals surface area contributed by atoms with E-state index in [4.69, 9.17) is 4.18 Å². The number of hydrogen-bond acceptors (Lipinski definition) is 4. The first-order valence-electron chi connectivity index (χ1n) is 8.73. The van der Waals surface area contributed by atoms with Crippen LogP contribution in [0.2, 0.25) is 0 Å². The minimum absolute atomic E-state index is 0.162. The lowest BCUT2D eigenvalue weighted by molar-refractivity contribution is -0.127. The van der Waals surface area contributed by atoms with Gasteiger partial charge in [0.25, 0.3) is 10.1 Å². The summed E-state index contributed by atoms with van der Waals surface area (Å²) in [7, 11) is -3.38. The lowest BCUT2D eigenvalue weighted by Crippen LogP contribution is -2.26. The maximum Gasteiger partial charge on any atom is 0.264 e. The molecule has 0 N–H and O–H groups in total. The second-order valence-electron chi connectivity index (χ2n) is 7.00. The van der Waals surface area contributed by atoms with Gasteiger partial charge >= 0.3 is 0 Å². The normalized spacial score (nSPS) is 23.3. The van der Waals surface area contributed by atoms with Gasteiger partial charge < -0.3 is 4.90 Å². The molecule has 1 saturated heterocycles. The molecule has 3 rings (SSSR count). The molecule has 1 aliphatic carbocycles. The first-order valence-corrected chi connectivity index (χ1v) is 10.5. The van der Waals surface area contributed by atoms with Crippen LogP contribution < -0.4 is 0 Å². The SMILES string of the molecule is CC(=O)N1CC2CCC=C(c3ccc(CCOS(C)(=O)=O)cc3)C2C1. The second-order valence-corrected chi connectivity index (χ2v) is 8.64. The van der Waals surface area contributed by atoms with Crippen LogP contribution >= 0.6 is 0 Å². The van der Waals surface area contributed by atoms with Gasteiger partial charge in [0, 0.05) is 25.9 Å². The Labute approximate surface area is 149 Å². The first-order chi connectivity index (χ1) is 11.8. The molecule has 5 nitrogen and oxygen atoms in total. The van der Waals surface area contributed by atoms with Gasteiger partial charge in [0.1, 0.15) is 0 Å². The number of likely N-dealkylation sites (tertiary alicyclic amines) is 1. The molecule has 2 atom stereocenters. The van der Waals surface area contributed by atoms with Crippen LogP contribution in [0.25, 0.3) is 5.57 Å². The largest absolute Gasteiger partial charge is 0.342 e. The number of hydrogen-bond donors (Lipinski definition) is 0. The molecule has 1 aromatic rings. The molecule has 1 heterocycles. The van der Waals surface area contributed by atoms with E-state index in [9.17, 15) is 13.2 Å². The Hall–Kier alpha value is -1.66. The zero-order chi connectivity index (χ0) is 18.0. The smallest absolute Gasteiger partial charge is 0.264 e. The summed E-state index contributed by atoms with van der Waals surface area (Å²) in [6, 6.07) is 8.26. The van der Waals surface area contributed by atoms with Gasteiger partial charge in [-0.3, -0.25) is 8.98 Å². The number of carbonyl (C=O) groups excluding carboxylic acids is 1. The molecule has 1 aliphatic heterocycles. The van der Waals surface area contributed by atoms with Gasteiger partial charge in [-0.25, -0.2) is 0 Å². The number of rotatable bonds is 5. The Balaban J connectivity index is 1.67. The van der Waals surface area contributed by atoms with Crippen LogP contribution in [0.4, 0.5) is 0 Å². The van der Waals surface area contributed by atoms with Gasteiger partial charge in [-0.05, 0) is 41.9 Å². The number of benzene rings is 1. The van der Waals surface area contributed by atoms with Crippen molar-refractivity contribution in [3.8, 4) is 0 Å². The quantitative estimate of drug-likeness (QED) is 0.754. The topological polar surface area (TPSA) is 63.7 Å². The van der Waals surface area contributed by atoms with Crippen LogP contribution in [0, 0.1) is 11.8 Å². The Bertz CT molecular complexity index is 767. The zero-order valence-electron chi connectivity index (χ0n) is 14.8. The van der Waals surface area contributed by atoms with Crippen molar-refractivity contribution in [2.75, 3.05) is 26.0 Å². The molecule has 25 heavy (non-hydrogen) atoms. The molecule has 0 aromatic heterocycles. The van der Waals surface area contributed by atoms with Crippen molar-refractivity contribution < 1.29 is 17.4 Å². The molecular weight excluding hydrogens is 338 g/mol. The highest BCUT2D eigenvalue weighted by atomic mass is 32.2. The highest BCUT2D eigenvalue weighted by Gasteiger charge is 2.37. The molecule has 0 spiro atoms. The number of allylic oxidation sites excluding steroid dienone is 1. The molecule has 136 valence electrons. The van der Waals surface area contributed by atoms with Gasteiger partial charge in [-0.15, -0.1) is 0 Å². The highest BCUT2D eigenvalue weighted by Crippen LogP contribution is 2.41. The number of amides is 1. The van der Waals surface area contributed by atoms with E-state index in [0.29, 0.717) is 18.3 Å². The lowest BCUT2D eigenvalue weighted by atomic mass is 9.78. The van der Waals surface area contributed by atoms with Gasteiger partial charge in [0.05, 0.1) is 12.9 Å². The summed E-state index contributed by atoms with van der Waals surface area (Å²) in [6.45, 7) is 3.50. The molecule has 6 heteroatoms. The van der Waals surface area contributed by atoms with E-state index >= 15 is 0 Å². The number of carbonyl (C=O) groups is 1. The zero-order valence-corrected chi connectivity index (χ0v) is 15.6. The monoisotopic (exact) mass is 363 g/mol. The highest BCUT2D eigenvalue weighted by molar-refractivity contribution is 7.85. The van der Waals surface area contributed by atoms with Gasteiger partial charge in [-0.2, -0.15) is 8.42 Å². The molecule has 1 amide bonds. The Morgan fingerprint density at radius 1 is 1.24 bits per heavy atom. The van der Waals surface area contributed by atoms with Crippen LogP contribution in [0.5, 0.6) is 0 Å². The summed E-state index contributed by atoms with van der Waals surface area (Å²) in [6.07, 6.45) is 6.15. The predicted octanol–water partition coefficient (Wildman–Crippen LogP) is 2.48. The third-order valence-corrected chi connectivity index (χ3v) is 5.76. The van der Waals surface area contributed by atoms with Crippen LogP contribution in [0.1, 0.15) is 30.9 Å². The minimum Gasteiger partial charge on any atom is -0.342 e. The van der Waals surface area contributed by atoms with E-state index in [1.54, 1.807) is 6.92 Å². The van der Waals surface area contributed by atoms with E-state index in [2.05, 4.69) is 18.2 Å². The standard InChI is InChI=1S/C19H25NO4S/c1-14(21)20-12-17-4-3-5-18(19(17)13-20)16-8-6-15(7-9-16)10-11-24-25(2,22)23/h5-9,17,19H,3-4,10-13H2,1-2H3. The van der Waals surface area contributed by atoms with Crippen molar-refractivity contribution in [1.29, 1.82) is 0 Å². The summed E-state index contributed by atoms with van der Waals surface area (Å²) in [5.41, 5.74) is 3.60. The van der Waals surface area contributed by atoms with Crippen LogP contribution in [0.3, 0.4) is 0 Å². The molecule has 1 fully saturated rings. The van der Waals surface area contributed by atoms with E-state index < -0.39 is 10.1 Å². The average molecular weight is 363 g/mol. The van der Waals surface area contributed by atoms with E-state index in [0.717, 1.165) is 37.8 Å². The van der Waals surface area contributed by atoms with Crippen molar-refractivity contribution in [3.05, 3.63) is 41.5 Å². The second kappa shape index (κ2) is 7.30. The summed E-state index contributed by atoms with van der Waals surface area (Å²) in [5, 5.41) is 0. The fourth-order valence-corrected chi connectivity index (χ4v) is 4.27. The minimum atomic E-state index is -3.38. The molecule has 0 saturated carbocycles. The van der Waals surface area contributed by atoms with Crippen molar-refractivity contribution in [1.82, 2.24) is 4.90 Å². The van der Waals surface area contributed by atoms with E-state index in [-0.39, 0.29) is 12.5 Å². The number of fused-ring (bicyclic) bond motifs is 1. The predicted molar refractivity (Wildman–Crippen MR) is 97.4 cm³/mol. The van der Waals surface area contributed by atoms with E-state index in [1.165, 1.54) is 11.1 Å². The summed E-state index contributed by atoms with van der Waals surface area (Å²) in [4.78, 5) is 13.7. The summed E-state index contributed by atoms with van der Waals surface area (Å²) >= 11 is 0. The molecule has 0 radical (unpaired) electrons. The van der Waals surface area contributed by atoms with Crippen molar-refractivity contribution in [3.63, 3.8) is 0 Å². The Morgan fingerprint density at radius 3 is 2.60 bits per heavy atom. The molecule has 2 aliphatic rings. The first kappa shape index (κ1) is 18.1. The van der Waals surface area contributed by atoms with Crippen molar-refractivity contribution >= 4 is 21.6 Å². The molecule has 2 unspecified atom stereocenters. The average Bonchev–Trinajstić information content (AvgIpc) is 2.99. The van der Waals surface area contributed by atoms with Gasteiger partial charge in [0.2, 0.25) is 5.91 Å². The van der Waals surface area contributed by atoms with Crippen LogP contribution in [-0.4, -0.2) is 45.2 Å².